The number of nitrogens with one attached hydrogen (secondary N) is 3. The summed E-state index contributed by atoms with van der Waals surface area (Å²) in [5.41, 5.74) is 0.601. The normalized spacial score (nSPS) is 16.0. The molecule has 0 unspecified atom stereocenters. The first-order chi connectivity index (χ1) is 12.1. The molecule has 0 spiro atoms. The molecule has 1 aliphatic carbocycles. The predicted octanol–water partition coefficient (Wildman–Crippen LogP) is -2.14. The van der Waals surface area contributed by atoms with Crippen molar-refractivity contribution in [1.82, 2.24) is 29.5 Å². The summed E-state index contributed by atoms with van der Waals surface area (Å²) in [7, 11) is 0. The quantitative estimate of drug-likeness (QED) is 0.353. The summed E-state index contributed by atoms with van der Waals surface area (Å²) in [4.78, 5) is 29.3. The Morgan fingerprint density at radius 1 is 1.40 bits per heavy atom. The number of hydrogen-bond acceptors (Lipinski definition) is 8. The van der Waals surface area contributed by atoms with Crippen LogP contribution in [0, 0.1) is 0 Å². The van der Waals surface area contributed by atoms with Gasteiger partial charge in [0.05, 0.1) is 18.8 Å². The van der Waals surface area contributed by atoms with E-state index in [1.54, 1.807) is 12.3 Å². The van der Waals surface area contributed by atoms with Gasteiger partial charge >= 0.3 is 5.69 Å². The molecule has 1 fully saturated rings. The van der Waals surface area contributed by atoms with E-state index in [1.807, 2.05) is 0 Å². The molecule has 25 heavy (non-hydrogen) atoms. The van der Waals surface area contributed by atoms with Gasteiger partial charge in [-0.25, -0.2) is 9.79 Å². The average molecular weight is 344 g/mol. The minimum absolute atomic E-state index is 0.0552. The molecule has 11 heteroatoms. The van der Waals surface area contributed by atoms with Crippen molar-refractivity contribution in [3.8, 4) is 5.88 Å². The van der Waals surface area contributed by atoms with Crippen molar-refractivity contribution in [3.05, 3.63) is 33.2 Å². The van der Waals surface area contributed by atoms with Crippen molar-refractivity contribution in [3.63, 3.8) is 0 Å². The van der Waals surface area contributed by atoms with Gasteiger partial charge in [0.2, 0.25) is 11.8 Å². The van der Waals surface area contributed by atoms with Gasteiger partial charge in [0.25, 0.3) is 5.62 Å². The molecule has 0 amide bonds. The number of aromatic amines is 2. The van der Waals surface area contributed by atoms with Crippen LogP contribution in [0.1, 0.15) is 18.5 Å². The van der Waals surface area contributed by atoms with Gasteiger partial charge in [-0.05, 0) is 18.9 Å². The third kappa shape index (κ3) is 3.08. The van der Waals surface area contributed by atoms with Crippen molar-refractivity contribution < 1.29 is 10.2 Å². The van der Waals surface area contributed by atoms with E-state index in [4.69, 9.17) is 5.11 Å². The van der Waals surface area contributed by atoms with E-state index in [1.165, 1.54) is 4.52 Å². The lowest BCUT2D eigenvalue weighted by atomic mass is 10.3. The summed E-state index contributed by atoms with van der Waals surface area (Å²) >= 11 is 0. The van der Waals surface area contributed by atoms with Crippen molar-refractivity contribution >= 4 is 17.7 Å². The maximum absolute atomic E-state index is 11.3. The molecule has 0 aliphatic heterocycles. The van der Waals surface area contributed by atoms with Crippen LogP contribution >= 0.6 is 0 Å². The van der Waals surface area contributed by atoms with Crippen LogP contribution in [0.2, 0.25) is 0 Å². The van der Waals surface area contributed by atoms with E-state index in [2.05, 4.69) is 35.3 Å². The third-order valence-corrected chi connectivity index (χ3v) is 3.65. The van der Waals surface area contributed by atoms with Crippen molar-refractivity contribution in [2.75, 3.05) is 18.5 Å². The van der Waals surface area contributed by atoms with Crippen LogP contribution in [-0.4, -0.2) is 59.0 Å². The standard InChI is InChI=1S/C14H16N8O3/c23-4-3-15-12-19-10-7(5-9-11(24)20-14(25)18-9)6-16-22(10)13(21-12)17-8-1-2-8/h5-6,8,23-24H,1-4H2,(H,15,17,21)(H2,18,20,25)/b7-5+. The summed E-state index contributed by atoms with van der Waals surface area (Å²) in [6.45, 7) is 0.249. The van der Waals surface area contributed by atoms with Crippen LogP contribution < -0.4 is 21.8 Å². The average Bonchev–Trinajstić information content (AvgIpc) is 3.22. The Kier molecular flexibility index (Phi) is 3.69. The number of rotatable bonds is 5. The van der Waals surface area contributed by atoms with E-state index >= 15 is 0 Å². The lowest BCUT2D eigenvalue weighted by molar-refractivity contribution is 0.310. The van der Waals surface area contributed by atoms with Crippen LogP contribution in [-0.2, 0) is 0 Å². The van der Waals surface area contributed by atoms with E-state index in [0.29, 0.717) is 29.0 Å². The van der Waals surface area contributed by atoms with Crippen LogP contribution in [0.3, 0.4) is 0 Å². The first-order valence-electron chi connectivity index (χ1n) is 7.81. The molecule has 1 aliphatic rings. The minimum atomic E-state index is -0.510. The molecule has 0 bridgehead atoms. The van der Waals surface area contributed by atoms with Crippen LogP contribution in [0.25, 0.3) is 11.7 Å². The van der Waals surface area contributed by atoms with Crippen molar-refractivity contribution in [1.29, 1.82) is 0 Å². The number of fused-ring (bicyclic) bond motifs is 1. The molecule has 3 heterocycles. The van der Waals surface area contributed by atoms with Gasteiger partial charge in [0.15, 0.2) is 5.65 Å². The lowest BCUT2D eigenvalue weighted by Gasteiger charge is -2.03. The van der Waals surface area contributed by atoms with Crippen LogP contribution in [0.5, 0.6) is 5.88 Å². The van der Waals surface area contributed by atoms with Gasteiger partial charge in [-0.3, -0.25) is 4.98 Å². The zero-order valence-electron chi connectivity index (χ0n) is 13.1. The lowest BCUT2D eigenvalue weighted by Crippen LogP contribution is -2.25. The maximum Gasteiger partial charge on any atom is 0.326 e. The zero-order valence-corrected chi connectivity index (χ0v) is 13.1. The Morgan fingerprint density at radius 3 is 2.92 bits per heavy atom. The van der Waals surface area contributed by atoms with E-state index in [-0.39, 0.29) is 24.2 Å². The number of aliphatic hydroxyl groups is 1. The smallest absolute Gasteiger partial charge is 0.326 e. The molecule has 0 radical (unpaired) electrons. The molecular weight excluding hydrogens is 328 g/mol. The molecule has 0 atom stereocenters. The monoisotopic (exact) mass is 344 g/mol. The van der Waals surface area contributed by atoms with Crippen LogP contribution in [0.15, 0.2) is 16.0 Å². The molecule has 130 valence electrons. The number of aliphatic hydroxyl groups excluding tert-OH is 1. The number of aromatic nitrogens is 6. The Morgan fingerprint density at radius 2 is 2.24 bits per heavy atom. The predicted molar refractivity (Wildman–Crippen MR) is 86.8 cm³/mol. The fraction of sp³-hybridized carbons (Fsp3) is 0.357. The first-order valence-corrected chi connectivity index (χ1v) is 7.81. The van der Waals surface area contributed by atoms with E-state index in [0.717, 1.165) is 12.8 Å². The second-order valence-corrected chi connectivity index (χ2v) is 5.68. The van der Waals surface area contributed by atoms with Gasteiger partial charge in [-0.2, -0.15) is 19.6 Å². The fourth-order valence-corrected chi connectivity index (χ4v) is 2.33. The number of anilines is 1. The Bertz CT molecular complexity index is 1090. The molecule has 0 saturated heterocycles. The molecule has 11 nitrogen and oxygen atoms in total. The summed E-state index contributed by atoms with van der Waals surface area (Å²) < 4.78 is 1.51. The Labute approximate surface area is 139 Å². The molecule has 3 aromatic rings. The second-order valence-electron chi connectivity index (χ2n) is 5.68. The topological polar surface area (TPSA) is 157 Å². The van der Waals surface area contributed by atoms with Gasteiger partial charge in [0.1, 0.15) is 5.69 Å². The third-order valence-electron chi connectivity index (χ3n) is 3.65. The number of aromatic hydroxyl groups is 1. The van der Waals surface area contributed by atoms with Gasteiger partial charge in [-0.1, -0.05) is 0 Å². The van der Waals surface area contributed by atoms with E-state index < -0.39 is 5.69 Å². The van der Waals surface area contributed by atoms with Gasteiger partial charge < -0.3 is 20.5 Å². The Hall–Kier alpha value is -3.21. The molecule has 3 aromatic heterocycles. The second kappa shape index (κ2) is 6.02. The molecule has 1 saturated carbocycles. The summed E-state index contributed by atoms with van der Waals surface area (Å²) in [5.74, 6) is 0.0582. The molecule has 5 N–H and O–H groups in total. The first kappa shape index (κ1) is 15.3. The maximum atomic E-state index is 11.3. The summed E-state index contributed by atoms with van der Waals surface area (Å²) in [6.07, 6.45) is 5.14. The number of hydrogen-bond donors (Lipinski definition) is 5. The molecule has 4 rings (SSSR count). The number of imidazole rings is 1. The highest BCUT2D eigenvalue weighted by Gasteiger charge is 2.20. The zero-order chi connectivity index (χ0) is 17.4. The fourth-order valence-electron chi connectivity index (χ4n) is 2.33. The largest absolute Gasteiger partial charge is 0.493 e. The highest BCUT2D eigenvalue weighted by atomic mass is 16.3. The summed E-state index contributed by atoms with van der Waals surface area (Å²) in [5, 5.41) is 26.4. The van der Waals surface area contributed by atoms with E-state index in [9.17, 15) is 9.90 Å². The van der Waals surface area contributed by atoms with Crippen molar-refractivity contribution in [2.24, 2.45) is 4.99 Å². The number of H-pyrrole nitrogens is 2. The molecular formula is C14H16N8O3. The highest BCUT2D eigenvalue weighted by molar-refractivity contribution is 5.57. The summed E-state index contributed by atoms with van der Waals surface area (Å²) in [6, 6.07) is 0.241. The van der Waals surface area contributed by atoms with Crippen molar-refractivity contribution in [2.45, 2.75) is 18.9 Å². The van der Waals surface area contributed by atoms with Gasteiger partial charge in [0, 0.05) is 11.8 Å². The number of nitrogens with zero attached hydrogens (tertiary/aromatic N) is 5. The van der Waals surface area contributed by atoms with Gasteiger partial charge in [-0.15, -0.1) is 0 Å². The highest BCUT2D eigenvalue weighted by Crippen LogP contribution is 2.22. The SMILES string of the molecule is O=c1[nH]c(O)c(/C=c2\cnn3c(=NC4CC4)nc(NCCO)nc23)[nH]1. The minimum Gasteiger partial charge on any atom is -0.493 e. The Balaban J connectivity index is 1.91. The molecule has 0 aromatic carbocycles. The van der Waals surface area contributed by atoms with Crippen LogP contribution in [0.4, 0.5) is 5.95 Å².